The molecule has 0 heterocycles. The summed E-state index contributed by atoms with van der Waals surface area (Å²) < 4.78 is 36.8. The number of hydrogen-bond donors (Lipinski definition) is 0. The van der Waals surface area contributed by atoms with E-state index in [0.29, 0.717) is 18.3 Å². The lowest BCUT2D eigenvalue weighted by Gasteiger charge is -2.28. The van der Waals surface area contributed by atoms with E-state index in [2.05, 4.69) is 0 Å². The number of alkyl halides is 4. The maximum absolute atomic E-state index is 12.3. The Morgan fingerprint density at radius 1 is 1.12 bits per heavy atom. The van der Waals surface area contributed by atoms with Crippen LogP contribution in [0.3, 0.4) is 0 Å². The fourth-order valence-electron chi connectivity index (χ4n) is 1.47. The summed E-state index contributed by atoms with van der Waals surface area (Å²) in [4.78, 5) is 1.46. The van der Waals surface area contributed by atoms with E-state index in [0.717, 1.165) is 12.8 Å². The summed E-state index contributed by atoms with van der Waals surface area (Å²) in [5.41, 5.74) is 0. The predicted molar refractivity (Wildman–Crippen MR) is 61.9 cm³/mol. The van der Waals surface area contributed by atoms with Gasteiger partial charge < -0.3 is 0 Å². The molecule has 0 rings (SSSR count). The van der Waals surface area contributed by atoms with Crippen molar-refractivity contribution in [1.82, 2.24) is 4.90 Å². The van der Waals surface area contributed by atoms with E-state index in [1.165, 1.54) is 4.90 Å². The fraction of sp³-hybridized carbons (Fsp3) is 1.00. The van der Waals surface area contributed by atoms with Gasteiger partial charge in [0, 0.05) is 11.9 Å². The highest BCUT2D eigenvalue weighted by Crippen LogP contribution is 2.19. The highest BCUT2D eigenvalue weighted by Gasteiger charge is 2.31. The van der Waals surface area contributed by atoms with E-state index in [1.54, 1.807) is 13.8 Å². The van der Waals surface area contributed by atoms with Crippen molar-refractivity contribution < 1.29 is 13.2 Å². The number of nitrogens with zero attached hydrogens (tertiary/aromatic N) is 1. The second kappa shape index (κ2) is 7.38. The Hall–Kier alpha value is 0.0400. The molecule has 5 heteroatoms. The molecule has 1 atom stereocenters. The predicted octanol–water partition coefficient (Wildman–Crippen LogP) is 3.91. The molecule has 1 nitrogen and oxygen atoms in total. The van der Waals surface area contributed by atoms with Gasteiger partial charge in [-0.3, -0.25) is 4.90 Å². The summed E-state index contributed by atoms with van der Waals surface area (Å²) in [5.74, 6) is 0.953. The van der Waals surface area contributed by atoms with Crippen molar-refractivity contribution in [3.05, 3.63) is 0 Å². The molecule has 0 aromatic heterocycles. The Morgan fingerprint density at radius 3 is 2.06 bits per heavy atom. The van der Waals surface area contributed by atoms with Gasteiger partial charge in [-0.25, -0.2) is 0 Å². The second-order valence-electron chi connectivity index (χ2n) is 4.55. The van der Waals surface area contributed by atoms with Crippen molar-refractivity contribution in [2.24, 2.45) is 5.92 Å². The van der Waals surface area contributed by atoms with Crippen molar-refractivity contribution in [3.8, 4) is 0 Å². The van der Waals surface area contributed by atoms with E-state index < -0.39 is 12.7 Å². The average molecular weight is 260 g/mol. The van der Waals surface area contributed by atoms with Crippen molar-refractivity contribution in [2.75, 3.05) is 19.0 Å². The maximum atomic E-state index is 12.3. The fourth-order valence-corrected chi connectivity index (χ4v) is 1.84. The smallest absolute Gasteiger partial charge is 0.293 e. The van der Waals surface area contributed by atoms with E-state index in [9.17, 15) is 13.2 Å². The summed E-state index contributed by atoms with van der Waals surface area (Å²) in [6, 6.07) is -0.0789. The Labute approximate surface area is 101 Å². The number of rotatable bonds is 7. The quantitative estimate of drug-likeness (QED) is 0.627. The molecule has 0 radical (unpaired) electrons. The molecule has 0 aliphatic rings. The van der Waals surface area contributed by atoms with E-state index in [1.807, 2.05) is 6.92 Å². The van der Waals surface area contributed by atoms with Gasteiger partial charge in [0.05, 0.1) is 6.54 Å². The summed E-state index contributed by atoms with van der Waals surface area (Å²) in [6.07, 6.45) is -2.49. The van der Waals surface area contributed by atoms with Gasteiger partial charge in [-0.2, -0.15) is 13.2 Å². The molecule has 0 fully saturated rings. The molecule has 16 heavy (non-hydrogen) atoms. The Bertz CT molecular complexity index is 183. The molecule has 0 bridgehead atoms. The van der Waals surface area contributed by atoms with Gasteiger partial charge in [0.25, 0.3) is 0 Å². The zero-order valence-corrected chi connectivity index (χ0v) is 10.9. The zero-order valence-electron chi connectivity index (χ0n) is 10.1. The van der Waals surface area contributed by atoms with Crippen LogP contribution in [0.15, 0.2) is 0 Å². The number of halogens is 4. The van der Waals surface area contributed by atoms with Crippen LogP contribution in [0.5, 0.6) is 0 Å². The van der Waals surface area contributed by atoms with Gasteiger partial charge in [-0.1, -0.05) is 6.92 Å². The highest BCUT2D eigenvalue weighted by molar-refractivity contribution is 6.17. The van der Waals surface area contributed by atoms with Crippen LogP contribution >= 0.6 is 11.6 Å². The maximum Gasteiger partial charge on any atom is 0.401 e. The molecule has 0 aromatic carbocycles. The van der Waals surface area contributed by atoms with Crippen LogP contribution in [0, 0.1) is 5.92 Å². The van der Waals surface area contributed by atoms with Gasteiger partial charge in [0.1, 0.15) is 0 Å². The van der Waals surface area contributed by atoms with E-state index in [-0.39, 0.29) is 6.04 Å². The van der Waals surface area contributed by atoms with Gasteiger partial charge >= 0.3 is 6.18 Å². The van der Waals surface area contributed by atoms with Crippen LogP contribution < -0.4 is 0 Å². The molecule has 0 aliphatic heterocycles. The molecule has 0 saturated heterocycles. The standard InChI is InChI=1S/C11H21ClF3N/c1-9(2)16(8-11(13,14)15)7-5-10(3)4-6-12/h9-10H,4-8H2,1-3H3. The van der Waals surface area contributed by atoms with Crippen LogP contribution in [0.4, 0.5) is 13.2 Å². The monoisotopic (exact) mass is 259 g/mol. The van der Waals surface area contributed by atoms with Gasteiger partial charge in [-0.05, 0) is 39.2 Å². The lowest BCUT2D eigenvalue weighted by molar-refractivity contribution is -0.149. The topological polar surface area (TPSA) is 3.24 Å². The third-order valence-corrected chi connectivity index (χ3v) is 2.84. The van der Waals surface area contributed by atoms with Crippen LogP contribution in [-0.2, 0) is 0 Å². The SMILES string of the molecule is CC(CCCl)CCN(CC(F)(F)F)C(C)C. The summed E-state index contributed by atoms with van der Waals surface area (Å²) in [5, 5.41) is 0. The molecular weight excluding hydrogens is 239 g/mol. The van der Waals surface area contributed by atoms with Crippen LogP contribution in [0.1, 0.15) is 33.6 Å². The summed E-state index contributed by atoms with van der Waals surface area (Å²) in [6.45, 7) is 5.26. The van der Waals surface area contributed by atoms with Crippen LogP contribution in [0.25, 0.3) is 0 Å². The minimum absolute atomic E-state index is 0.0789. The van der Waals surface area contributed by atoms with E-state index >= 15 is 0 Å². The van der Waals surface area contributed by atoms with Crippen LogP contribution in [-0.4, -0.2) is 36.1 Å². The normalized spacial score (nSPS) is 14.8. The van der Waals surface area contributed by atoms with Crippen molar-refractivity contribution in [2.45, 2.75) is 45.8 Å². The molecule has 98 valence electrons. The first-order valence-electron chi connectivity index (χ1n) is 5.63. The first kappa shape index (κ1) is 16.0. The molecule has 0 aliphatic carbocycles. The van der Waals surface area contributed by atoms with Crippen molar-refractivity contribution >= 4 is 11.6 Å². The Morgan fingerprint density at radius 2 is 1.69 bits per heavy atom. The minimum Gasteiger partial charge on any atom is -0.293 e. The molecule has 0 N–H and O–H groups in total. The Balaban J connectivity index is 4.04. The highest BCUT2D eigenvalue weighted by atomic mass is 35.5. The minimum atomic E-state index is -4.11. The van der Waals surface area contributed by atoms with Crippen LogP contribution in [0.2, 0.25) is 0 Å². The largest absolute Gasteiger partial charge is 0.401 e. The Kier molecular flexibility index (Phi) is 7.40. The molecule has 0 amide bonds. The third kappa shape index (κ3) is 8.22. The average Bonchev–Trinajstić information content (AvgIpc) is 2.10. The third-order valence-electron chi connectivity index (χ3n) is 2.62. The van der Waals surface area contributed by atoms with Crippen molar-refractivity contribution in [3.63, 3.8) is 0 Å². The van der Waals surface area contributed by atoms with Crippen molar-refractivity contribution in [1.29, 1.82) is 0 Å². The zero-order chi connectivity index (χ0) is 12.8. The first-order valence-corrected chi connectivity index (χ1v) is 6.16. The van der Waals surface area contributed by atoms with E-state index in [4.69, 9.17) is 11.6 Å². The van der Waals surface area contributed by atoms with Gasteiger partial charge in [-0.15, -0.1) is 11.6 Å². The molecular formula is C11H21ClF3N. The van der Waals surface area contributed by atoms with Gasteiger partial charge in [0.15, 0.2) is 0 Å². The summed E-state index contributed by atoms with van der Waals surface area (Å²) in [7, 11) is 0. The molecule has 1 unspecified atom stereocenters. The lowest BCUT2D eigenvalue weighted by Crippen LogP contribution is -2.40. The lowest BCUT2D eigenvalue weighted by atomic mass is 10.0. The molecule has 0 spiro atoms. The first-order chi connectivity index (χ1) is 7.26. The second-order valence-corrected chi connectivity index (χ2v) is 4.93. The molecule has 0 aromatic rings. The summed E-state index contributed by atoms with van der Waals surface area (Å²) >= 11 is 5.59. The van der Waals surface area contributed by atoms with Gasteiger partial charge in [0.2, 0.25) is 0 Å². The number of hydrogen-bond acceptors (Lipinski definition) is 1. The molecule has 0 saturated carbocycles.